The van der Waals surface area contributed by atoms with E-state index >= 15 is 0 Å². The summed E-state index contributed by atoms with van der Waals surface area (Å²) in [5, 5.41) is 0. The quantitative estimate of drug-likeness (QED) is 0.872. The van der Waals surface area contributed by atoms with Crippen LogP contribution in [0.5, 0.6) is 0 Å². The van der Waals surface area contributed by atoms with Crippen molar-refractivity contribution in [3.05, 3.63) is 59.9 Å². The molecule has 0 saturated carbocycles. The van der Waals surface area contributed by atoms with E-state index in [1.807, 2.05) is 18.3 Å². The van der Waals surface area contributed by atoms with Crippen LogP contribution in [0.15, 0.2) is 48.8 Å². The van der Waals surface area contributed by atoms with Gasteiger partial charge in [0.15, 0.2) is 0 Å². The van der Waals surface area contributed by atoms with Gasteiger partial charge in [-0.1, -0.05) is 24.3 Å². The van der Waals surface area contributed by atoms with Crippen molar-refractivity contribution in [1.82, 2.24) is 4.98 Å². The molecular weight excluding hydrogens is 222 g/mol. The molecule has 1 aromatic carbocycles. The molecule has 0 bridgehead atoms. The van der Waals surface area contributed by atoms with Crippen LogP contribution in [0.1, 0.15) is 11.1 Å². The second kappa shape index (κ2) is 6.17. The maximum absolute atomic E-state index is 5.76. The number of anilines is 1. The van der Waals surface area contributed by atoms with E-state index in [1.54, 1.807) is 6.20 Å². The highest BCUT2D eigenvalue weighted by molar-refractivity contribution is 5.53. The fourth-order valence-electron chi connectivity index (χ4n) is 2.02. The van der Waals surface area contributed by atoms with E-state index in [2.05, 4.69) is 41.2 Å². The molecule has 0 aliphatic heterocycles. The van der Waals surface area contributed by atoms with Gasteiger partial charge in [-0.15, -0.1) is 0 Å². The fourth-order valence-corrected chi connectivity index (χ4v) is 2.02. The molecule has 1 heterocycles. The number of rotatable bonds is 5. The maximum Gasteiger partial charge on any atom is 0.0409 e. The molecule has 2 aromatic rings. The van der Waals surface area contributed by atoms with Gasteiger partial charge in [-0.2, -0.15) is 0 Å². The van der Waals surface area contributed by atoms with Gasteiger partial charge in [-0.3, -0.25) is 4.98 Å². The number of hydrogen-bond acceptors (Lipinski definition) is 3. The molecule has 3 heteroatoms. The molecule has 3 nitrogen and oxygen atoms in total. The summed E-state index contributed by atoms with van der Waals surface area (Å²) in [6.45, 7) is 1.54. The first kappa shape index (κ1) is 12.6. The van der Waals surface area contributed by atoms with Crippen LogP contribution in [0.25, 0.3) is 0 Å². The number of nitrogens with zero attached hydrogens (tertiary/aromatic N) is 2. The molecule has 18 heavy (non-hydrogen) atoms. The second-order valence-corrected chi connectivity index (χ2v) is 4.37. The normalized spacial score (nSPS) is 10.3. The lowest BCUT2D eigenvalue weighted by atomic mass is 10.1. The largest absolute Gasteiger partial charge is 0.374 e. The van der Waals surface area contributed by atoms with Crippen molar-refractivity contribution in [2.24, 2.45) is 5.73 Å². The number of likely N-dealkylation sites (N-methyl/N-ethyl adjacent to an activating group) is 1. The van der Waals surface area contributed by atoms with Crippen molar-refractivity contribution < 1.29 is 0 Å². The molecule has 94 valence electrons. The molecule has 2 rings (SSSR count). The third kappa shape index (κ3) is 3.08. The standard InChI is InChI=1S/C15H19N3/c1-18(10-8-13-5-4-9-17-12-13)15-7-3-2-6-14(15)11-16/h2-7,9,12H,8,10-11,16H2,1H3. The minimum absolute atomic E-state index is 0.577. The number of hydrogen-bond donors (Lipinski definition) is 1. The number of pyridine rings is 1. The molecule has 0 spiro atoms. The zero-order valence-corrected chi connectivity index (χ0v) is 10.7. The first-order valence-corrected chi connectivity index (χ1v) is 6.19. The van der Waals surface area contributed by atoms with Crippen molar-refractivity contribution in [3.8, 4) is 0 Å². The average Bonchev–Trinajstić information content (AvgIpc) is 2.45. The van der Waals surface area contributed by atoms with Crippen molar-refractivity contribution in [3.63, 3.8) is 0 Å². The van der Waals surface area contributed by atoms with Gasteiger partial charge in [-0.05, 0) is 29.7 Å². The average molecular weight is 241 g/mol. The number of nitrogens with two attached hydrogens (primary N) is 1. The Labute approximate surface area is 108 Å². The van der Waals surface area contributed by atoms with Crippen LogP contribution in [0.2, 0.25) is 0 Å². The zero-order valence-electron chi connectivity index (χ0n) is 10.7. The Bertz CT molecular complexity index is 482. The summed E-state index contributed by atoms with van der Waals surface area (Å²) >= 11 is 0. The Balaban J connectivity index is 2.01. The van der Waals surface area contributed by atoms with E-state index in [-0.39, 0.29) is 0 Å². The summed E-state index contributed by atoms with van der Waals surface area (Å²) in [4.78, 5) is 6.38. The van der Waals surface area contributed by atoms with Gasteiger partial charge in [-0.25, -0.2) is 0 Å². The molecule has 0 aliphatic carbocycles. The van der Waals surface area contributed by atoms with E-state index in [4.69, 9.17) is 5.73 Å². The van der Waals surface area contributed by atoms with E-state index in [1.165, 1.54) is 16.8 Å². The van der Waals surface area contributed by atoms with Gasteiger partial charge in [0.25, 0.3) is 0 Å². The smallest absolute Gasteiger partial charge is 0.0409 e. The number of aromatic nitrogens is 1. The van der Waals surface area contributed by atoms with E-state index in [0.29, 0.717) is 6.54 Å². The SMILES string of the molecule is CN(CCc1cccnc1)c1ccccc1CN. The van der Waals surface area contributed by atoms with Gasteiger partial charge in [0.1, 0.15) is 0 Å². The number of benzene rings is 1. The predicted molar refractivity (Wildman–Crippen MR) is 75.5 cm³/mol. The van der Waals surface area contributed by atoms with Crippen LogP contribution < -0.4 is 10.6 Å². The summed E-state index contributed by atoms with van der Waals surface area (Å²) in [5.74, 6) is 0. The van der Waals surface area contributed by atoms with Gasteiger partial charge in [0, 0.05) is 38.2 Å². The highest BCUT2D eigenvalue weighted by Crippen LogP contribution is 2.18. The van der Waals surface area contributed by atoms with Crippen LogP contribution >= 0.6 is 0 Å². The molecule has 0 radical (unpaired) electrons. The van der Waals surface area contributed by atoms with E-state index < -0.39 is 0 Å². The van der Waals surface area contributed by atoms with Crippen molar-refractivity contribution in [1.29, 1.82) is 0 Å². The zero-order chi connectivity index (χ0) is 12.8. The third-order valence-corrected chi connectivity index (χ3v) is 3.08. The Kier molecular flexibility index (Phi) is 4.31. The van der Waals surface area contributed by atoms with Crippen molar-refractivity contribution in [2.75, 3.05) is 18.5 Å². The van der Waals surface area contributed by atoms with Crippen molar-refractivity contribution in [2.45, 2.75) is 13.0 Å². The predicted octanol–water partition coefficient (Wildman–Crippen LogP) is 2.22. The van der Waals surface area contributed by atoms with Crippen molar-refractivity contribution >= 4 is 5.69 Å². The molecule has 0 saturated heterocycles. The minimum atomic E-state index is 0.577. The van der Waals surface area contributed by atoms with Crippen LogP contribution in [0, 0.1) is 0 Å². The summed E-state index contributed by atoms with van der Waals surface area (Å²) < 4.78 is 0. The molecule has 0 unspecified atom stereocenters. The van der Waals surface area contributed by atoms with Crippen LogP contribution in [0.3, 0.4) is 0 Å². The maximum atomic E-state index is 5.76. The minimum Gasteiger partial charge on any atom is -0.374 e. The summed E-state index contributed by atoms with van der Waals surface area (Å²) in [7, 11) is 2.10. The molecule has 0 fully saturated rings. The molecule has 0 aliphatic rings. The number of para-hydroxylation sites is 1. The van der Waals surface area contributed by atoms with E-state index in [9.17, 15) is 0 Å². The Morgan fingerprint density at radius 1 is 1.17 bits per heavy atom. The molecule has 1 aromatic heterocycles. The van der Waals surface area contributed by atoms with Gasteiger partial charge >= 0.3 is 0 Å². The lowest BCUT2D eigenvalue weighted by Gasteiger charge is -2.22. The Morgan fingerprint density at radius 2 is 2.00 bits per heavy atom. The van der Waals surface area contributed by atoms with Crippen LogP contribution in [-0.2, 0) is 13.0 Å². The summed E-state index contributed by atoms with van der Waals surface area (Å²) in [6.07, 6.45) is 4.71. The molecule has 0 amide bonds. The van der Waals surface area contributed by atoms with Crippen LogP contribution in [0.4, 0.5) is 5.69 Å². The highest BCUT2D eigenvalue weighted by atomic mass is 15.1. The molecule has 0 atom stereocenters. The monoisotopic (exact) mass is 241 g/mol. The first-order valence-electron chi connectivity index (χ1n) is 6.19. The van der Waals surface area contributed by atoms with Gasteiger partial charge < -0.3 is 10.6 Å². The lowest BCUT2D eigenvalue weighted by Crippen LogP contribution is -2.22. The lowest BCUT2D eigenvalue weighted by molar-refractivity contribution is 0.862. The van der Waals surface area contributed by atoms with Crippen LogP contribution in [-0.4, -0.2) is 18.6 Å². The van der Waals surface area contributed by atoms with E-state index in [0.717, 1.165) is 13.0 Å². The third-order valence-electron chi connectivity index (χ3n) is 3.08. The summed E-state index contributed by atoms with van der Waals surface area (Å²) in [5.41, 5.74) is 9.42. The molecule has 2 N–H and O–H groups in total. The van der Waals surface area contributed by atoms with Gasteiger partial charge in [0.05, 0.1) is 0 Å². The Hall–Kier alpha value is -1.87. The van der Waals surface area contributed by atoms with Gasteiger partial charge in [0.2, 0.25) is 0 Å². The highest BCUT2D eigenvalue weighted by Gasteiger charge is 2.05. The fraction of sp³-hybridized carbons (Fsp3) is 0.267. The second-order valence-electron chi connectivity index (χ2n) is 4.37. The topological polar surface area (TPSA) is 42.2 Å². The summed E-state index contributed by atoms with van der Waals surface area (Å²) in [6, 6.07) is 12.4. The Morgan fingerprint density at radius 3 is 2.72 bits per heavy atom. The first-order chi connectivity index (χ1) is 8.81. The molecular formula is C15H19N3.